The topological polar surface area (TPSA) is 52.1 Å². The molecule has 0 unspecified atom stereocenters. The Morgan fingerprint density at radius 1 is 0.892 bits per heavy atom. The Kier molecular flexibility index (Phi) is 13.4. The van der Waals surface area contributed by atoms with Gasteiger partial charge in [0, 0.05) is 18.0 Å². The van der Waals surface area contributed by atoms with Crippen molar-refractivity contribution in [3.8, 4) is 17.1 Å². The lowest BCUT2D eigenvalue weighted by Gasteiger charge is -2.27. The maximum atomic E-state index is 12.7. The Morgan fingerprint density at radius 3 is 2.24 bits per heavy atom. The van der Waals surface area contributed by atoms with Crippen molar-refractivity contribution >= 4 is 5.97 Å². The lowest BCUT2D eigenvalue weighted by molar-refractivity contribution is -0.140. The molecule has 37 heavy (non-hydrogen) atoms. The van der Waals surface area contributed by atoms with Gasteiger partial charge in [-0.2, -0.15) is 0 Å². The minimum Gasteiger partial charge on any atom is -0.426 e. The average Bonchev–Trinajstić information content (AvgIpc) is 2.94. The van der Waals surface area contributed by atoms with Crippen LogP contribution in [0.4, 0.5) is 0 Å². The van der Waals surface area contributed by atoms with Crippen LogP contribution in [0.15, 0.2) is 49.3 Å². The zero-order valence-corrected chi connectivity index (χ0v) is 23.1. The van der Waals surface area contributed by atoms with E-state index in [1.807, 2.05) is 42.7 Å². The van der Waals surface area contributed by atoms with Crippen LogP contribution in [-0.2, 0) is 11.2 Å². The maximum absolute atomic E-state index is 12.7. The van der Waals surface area contributed by atoms with Crippen molar-refractivity contribution in [2.75, 3.05) is 0 Å². The third-order valence-electron chi connectivity index (χ3n) is 7.81. The van der Waals surface area contributed by atoms with E-state index in [9.17, 15) is 4.79 Å². The number of aryl methyl sites for hydroxylation is 1. The van der Waals surface area contributed by atoms with Crippen LogP contribution in [-0.4, -0.2) is 15.9 Å². The fourth-order valence-corrected chi connectivity index (χ4v) is 5.38. The highest BCUT2D eigenvalue weighted by Gasteiger charge is 2.27. The molecule has 0 spiro atoms. The van der Waals surface area contributed by atoms with Gasteiger partial charge in [-0.1, -0.05) is 70.8 Å². The first-order valence-electron chi connectivity index (χ1n) is 14.9. The number of esters is 1. The Bertz CT molecular complexity index is 899. The number of ether oxygens (including phenoxy) is 1. The summed E-state index contributed by atoms with van der Waals surface area (Å²) in [5, 5.41) is 0. The molecule has 0 saturated heterocycles. The molecule has 1 aromatic heterocycles. The molecule has 0 bridgehead atoms. The fraction of sp³-hybridized carbons (Fsp3) is 0.606. The van der Waals surface area contributed by atoms with E-state index in [0.29, 0.717) is 11.6 Å². The van der Waals surface area contributed by atoms with Gasteiger partial charge >= 0.3 is 5.97 Å². The number of hydrogen-bond donors (Lipinski definition) is 0. The molecule has 0 atom stereocenters. The fourth-order valence-electron chi connectivity index (χ4n) is 5.38. The highest BCUT2D eigenvalue weighted by atomic mass is 16.5. The van der Waals surface area contributed by atoms with Crippen LogP contribution in [0.5, 0.6) is 5.75 Å². The minimum atomic E-state index is -0.0778. The molecular weight excluding hydrogens is 456 g/mol. The van der Waals surface area contributed by atoms with E-state index in [2.05, 4.69) is 23.5 Å². The zero-order chi connectivity index (χ0) is 26.1. The molecular formula is C33H48N2O2. The van der Waals surface area contributed by atoms with Crippen molar-refractivity contribution in [1.82, 2.24) is 9.97 Å². The normalized spacial score (nSPS) is 17.4. The van der Waals surface area contributed by atoms with Crippen molar-refractivity contribution < 1.29 is 9.53 Å². The number of unbranched alkanes of at least 4 members (excludes halogenated alkanes) is 9. The van der Waals surface area contributed by atoms with Gasteiger partial charge in [-0.05, 0) is 87.1 Å². The number of allylic oxidation sites excluding steroid dienone is 1. The van der Waals surface area contributed by atoms with Gasteiger partial charge in [-0.15, -0.1) is 6.58 Å². The van der Waals surface area contributed by atoms with Gasteiger partial charge in [-0.3, -0.25) is 4.79 Å². The number of rotatable bonds is 17. The molecule has 1 aliphatic carbocycles. The van der Waals surface area contributed by atoms with Gasteiger partial charge in [0.2, 0.25) is 0 Å². The smallest absolute Gasteiger partial charge is 0.314 e. The maximum Gasteiger partial charge on any atom is 0.314 e. The number of nitrogens with zero attached hydrogens (tertiary/aromatic N) is 2. The SMILES string of the molecule is C=CCCCCCCC1CCC(C(=O)Oc2ccc(-c3ncc(CCCCCCCC)cn3)cc2)CC1. The highest BCUT2D eigenvalue weighted by molar-refractivity contribution is 5.75. The van der Waals surface area contributed by atoms with Crippen LogP contribution >= 0.6 is 0 Å². The van der Waals surface area contributed by atoms with Gasteiger partial charge < -0.3 is 4.74 Å². The van der Waals surface area contributed by atoms with Crippen molar-refractivity contribution in [3.63, 3.8) is 0 Å². The molecule has 2 aromatic rings. The van der Waals surface area contributed by atoms with E-state index in [0.717, 1.165) is 50.0 Å². The summed E-state index contributed by atoms with van der Waals surface area (Å²) in [6.07, 6.45) is 26.6. The molecule has 0 radical (unpaired) electrons. The number of hydrogen-bond acceptors (Lipinski definition) is 4. The van der Waals surface area contributed by atoms with E-state index in [1.165, 1.54) is 76.2 Å². The van der Waals surface area contributed by atoms with E-state index in [4.69, 9.17) is 4.74 Å². The largest absolute Gasteiger partial charge is 0.426 e. The first-order chi connectivity index (χ1) is 18.2. The molecule has 0 amide bonds. The monoisotopic (exact) mass is 504 g/mol. The summed E-state index contributed by atoms with van der Waals surface area (Å²) in [6, 6.07) is 7.60. The Labute approximate surface area is 225 Å². The third kappa shape index (κ3) is 10.8. The number of carbonyl (C=O) groups excluding carboxylic acids is 1. The second-order valence-electron chi connectivity index (χ2n) is 10.9. The van der Waals surface area contributed by atoms with Crippen LogP contribution in [0.3, 0.4) is 0 Å². The quantitative estimate of drug-likeness (QED) is 0.0932. The summed E-state index contributed by atoms with van der Waals surface area (Å²) in [6.45, 7) is 6.04. The average molecular weight is 505 g/mol. The molecule has 1 saturated carbocycles. The predicted octanol–water partition coefficient (Wildman–Crippen LogP) is 9.29. The minimum absolute atomic E-state index is 0.0334. The molecule has 4 heteroatoms. The zero-order valence-electron chi connectivity index (χ0n) is 23.1. The number of carbonyl (C=O) groups is 1. The Balaban J connectivity index is 1.35. The molecule has 1 aromatic carbocycles. The summed E-state index contributed by atoms with van der Waals surface area (Å²) in [5.74, 6) is 2.05. The number of aromatic nitrogens is 2. The van der Waals surface area contributed by atoms with E-state index >= 15 is 0 Å². The van der Waals surface area contributed by atoms with Crippen LogP contribution in [0.1, 0.15) is 115 Å². The summed E-state index contributed by atoms with van der Waals surface area (Å²) >= 11 is 0. The first kappa shape index (κ1) is 29.1. The van der Waals surface area contributed by atoms with Gasteiger partial charge in [-0.25, -0.2) is 9.97 Å². The van der Waals surface area contributed by atoms with Crippen molar-refractivity contribution in [3.05, 3.63) is 54.9 Å². The molecule has 3 rings (SSSR count). The van der Waals surface area contributed by atoms with Gasteiger partial charge in [0.25, 0.3) is 0 Å². The molecule has 0 N–H and O–H groups in total. The van der Waals surface area contributed by atoms with Crippen LogP contribution < -0.4 is 4.74 Å². The van der Waals surface area contributed by atoms with E-state index < -0.39 is 0 Å². The second-order valence-corrected chi connectivity index (χ2v) is 10.9. The van der Waals surface area contributed by atoms with Crippen LogP contribution in [0.2, 0.25) is 0 Å². The van der Waals surface area contributed by atoms with Gasteiger partial charge in [0.1, 0.15) is 5.75 Å². The van der Waals surface area contributed by atoms with Gasteiger partial charge in [0.15, 0.2) is 5.82 Å². The second kappa shape index (κ2) is 17.1. The van der Waals surface area contributed by atoms with Crippen molar-refractivity contribution in [2.45, 2.75) is 116 Å². The lowest BCUT2D eigenvalue weighted by atomic mass is 9.80. The summed E-state index contributed by atoms with van der Waals surface area (Å²) < 4.78 is 5.73. The van der Waals surface area contributed by atoms with Gasteiger partial charge in [0.05, 0.1) is 5.92 Å². The molecule has 1 fully saturated rings. The molecule has 0 aliphatic heterocycles. The molecule has 1 heterocycles. The molecule has 1 aliphatic rings. The van der Waals surface area contributed by atoms with Crippen molar-refractivity contribution in [1.29, 1.82) is 0 Å². The Morgan fingerprint density at radius 2 is 1.54 bits per heavy atom. The summed E-state index contributed by atoms with van der Waals surface area (Å²) in [5.41, 5.74) is 2.14. The first-order valence-corrected chi connectivity index (χ1v) is 14.9. The number of benzene rings is 1. The predicted molar refractivity (Wildman–Crippen MR) is 154 cm³/mol. The third-order valence-corrected chi connectivity index (χ3v) is 7.81. The van der Waals surface area contributed by atoms with Crippen molar-refractivity contribution in [2.24, 2.45) is 11.8 Å². The standard InChI is InChI=1S/C33H48N2O2/c1-3-5-7-9-11-13-15-27-17-19-30(20-18-27)33(36)37-31-23-21-29(22-24-31)32-34-25-28(26-35-32)16-14-12-10-8-6-4-2/h3,21-27,30H,1,4-20H2,2H3. The highest BCUT2D eigenvalue weighted by Crippen LogP contribution is 2.33. The Hall–Kier alpha value is -2.49. The lowest BCUT2D eigenvalue weighted by Crippen LogP contribution is -2.25. The summed E-state index contributed by atoms with van der Waals surface area (Å²) in [4.78, 5) is 21.9. The van der Waals surface area contributed by atoms with Crippen LogP contribution in [0.25, 0.3) is 11.4 Å². The molecule has 202 valence electrons. The molecule has 4 nitrogen and oxygen atoms in total. The van der Waals surface area contributed by atoms with E-state index in [1.54, 1.807) is 0 Å². The van der Waals surface area contributed by atoms with E-state index in [-0.39, 0.29) is 11.9 Å². The van der Waals surface area contributed by atoms with Crippen LogP contribution in [0, 0.1) is 11.8 Å². The summed E-state index contributed by atoms with van der Waals surface area (Å²) in [7, 11) is 0.